The van der Waals surface area contributed by atoms with Gasteiger partial charge in [-0.25, -0.2) is 4.79 Å². The quantitative estimate of drug-likeness (QED) is 0.520. The highest BCUT2D eigenvalue weighted by atomic mass is 16.6. The van der Waals surface area contributed by atoms with E-state index in [1.54, 1.807) is 6.92 Å². The monoisotopic (exact) mass is 259 g/mol. The Labute approximate surface area is 109 Å². The molecule has 1 saturated heterocycles. The van der Waals surface area contributed by atoms with E-state index in [-0.39, 0.29) is 12.6 Å². The molecular formula is C13H25NO4. The second kappa shape index (κ2) is 9.30. The molecule has 1 atom stereocenters. The van der Waals surface area contributed by atoms with Gasteiger partial charge in [0, 0.05) is 25.8 Å². The molecule has 106 valence electrons. The lowest BCUT2D eigenvalue weighted by molar-refractivity contribution is -0.148. The minimum atomic E-state index is -0.296. The number of carbonyl (C=O) groups is 1. The molecule has 18 heavy (non-hydrogen) atoms. The largest absolute Gasteiger partial charge is 0.464 e. The Kier molecular flexibility index (Phi) is 7.96. The summed E-state index contributed by atoms with van der Waals surface area (Å²) in [5, 5.41) is 3.43. The first-order valence-corrected chi connectivity index (χ1v) is 6.78. The van der Waals surface area contributed by atoms with Crippen LogP contribution in [-0.2, 0) is 19.0 Å². The van der Waals surface area contributed by atoms with E-state index in [0.29, 0.717) is 25.2 Å². The summed E-state index contributed by atoms with van der Waals surface area (Å²) in [6, 6.07) is 0.472. The summed E-state index contributed by atoms with van der Waals surface area (Å²) >= 11 is 0. The molecule has 1 aliphatic rings. The predicted molar refractivity (Wildman–Crippen MR) is 68.5 cm³/mol. The van der Waals surface area contributed by atoms with Crippen molar-refractivity contribution in [3.63, 3.8) is 0 Å². The molecule has 0 amide bonds. The van der Waals surface area contributed by atoms with Gasteiger partial charge in [-0.2, -0.15) is 0 Å². The van der Waals surface area contributed by atoms with Gasteiger partial charge in [0.25, 0.3) is 0 Å². The molecule has 1 rings (SSSR count). The van der Waals surface area contributed by atoms with Crippen molar-refractivity contribution in [2.24, 2.45) is 5.92 Å². The lowest BCUT2D eigenvalue weighted by Gasteiger charge is -2.28. The maximum atomic E-state index is 11.0. The van der Waals surface area contributed by atoms with E-state index in [9.17, 15) is 4.79 Å². The van der Waals surface area contributed by atoms with E-state index in [2.05, 4.69) is 12.2 Å². The molecule has 5 nitrogen and oxygen atoms in total. The van der Waals surface area contributed by atoms with Gasteiger partial charge in [0.2, 0.25) is 0 Å². The van der Waals surface area contributed by atoms with Gasteiger partial charge >= 0.3 is 5.97 Å². The smallest absolute Gasteiger partial charge is 0.332 e. The molecule has 0 radical (unpaired) electrons. The third-order valence-corrected chi connectivity index (χ3v) is 3.21. The molecule has 1 N–H and O–H groups in total. The minimum Gasteiger partial charge on any atom is -0.464 e. The van der Waals surface area contributed by atoms with Crippen LogP contribution in [0.1, 0.15) is 26.7 Å². The molecule has 5 heteroatoms. The van der Waals surface area contributed by atoms with Gasteiger partial charge in [-0.05, 0) is 32.6 Å². The van der Waals surface area contributed by atoms with Crippen LogP contribution in [0.4, 0.5) is 0 Å². The van der Waals surface area contributed by atoms with E-state index < -0.39 is 0 Å². The van der Waals surface area contributed by atoms with Gasteiger partial charge in [-0.3, -0.25) is 0 Å². The van der Waals surface area contributed by atoms with Crippen molar-refractivity contribution < 1.29 is 19.0 Å². The van der Waals surface area contributed by atoms with Gasteiger partial charge in [0.05, 0.1) is 13.2 Å². The van der Waals surface area contributed by atoms with Crippen molar-refractivity contribution in [1.29, 1.82) is 0 Å². The van der Waals surface area contributed by atoms with Gasteiger partial charge in [-0.1, -0.05) is 0 Å². The summed E-state index contributed by atoms with van der Waals surface area (Å²) in [5.74, 6) is 0.388. The third-order valence-electron chi connectivity index (χ3n) is 3.21. The summed E-state index contributed by atoms with van der Waals surface area (Å²) in [7, 11) is 0. The second-order valence-electron chi connectivity index (χ2n) is 4.55. The summed E-state index contributed by atoms with van der Waals surface area (Å²) in [5.41, 5.74) is 0. The molecule has 0 spiro atoms. The maximum absolute atomic E-state index is 11.0. The average molecular weight is 259 g/mol. The van der Waals surface area contributed by atoms with Crippen molar-refractivity contribution in [2.45, 2.75) is 32.7 Å². The molecule has 0 saturated carbocycles. The van der Waals surface area contributed by atoms with Crippen LogP contribution in [0.15, 0.2) is 0 Å². The van der Waals surface area contributed by atoms with Crippen molar-refractivity contribution in [3.05, 3.63) is 0 Å². The minimum absolute atomic E-state index is 0.0428. The number of hydrogen-bond donors (Lipinski definition) is 1. The van der Waals surface area contributed by atoms with E-state index >= 15 is 0 Å². The van der Waals surface area contributed by atoms with Crippen LogP contribution in [0.5, 0.6) is 0 Å². The lowest BCUT2D eigenvalue weighted by Crippen LogP contribution is -2.38. The molecule has 0 aliphatic carbocycles. The van der Waals surface area contributed by atoms with Crippen molar-refractivity contribution in [3.8, 4) is 0 Å². The molecule has 1 unspecified atom stereocenters. The third kappa shape index (κ3) is 6.33. The van der Waals surface area contributed by atoms with E-state index in [0.717, 1.165) is 32.6 Å². The van der Waals surface area contributed by atoms with Crippen LogP contribution in [0.2, 0.25) is 0 Å². The Morgan fingerprint density at radius 2 is 2.17 bits per heavy atom. The highest BCUT2D eigenvalue weighted by Crippen LogP contribution is 2.18. The first-order valence-electron chi connectivity index (χ1n) is 6.78. The maximum Gasteiger partial charge on any atom is 0.332 e. The van der Waals surface area contributed by atoms with Crippen molar-refractivity contribution >= 4 is 5.97 Å². The SMILES string of the molecule is CCOC(=O)COCCNC(C)C1CCOCC1. The van der Waals surface area contributed by atoms with Gasteiger partial charge < -0.3 is 19.5 Å². The van der Waals surface area contributed by atoms with Crippen LogP contribution in [-0.4, -0.2) is 51.6 Å². The zero-order chi connectivity index (χ0) is 13.2. The second-order valence-corrected chi connectivity index (χ2v) is 4.55. The van der Waals surface area contributed by atoms with Gasteiger partial charge in [0.15, 0.2) is 0 Å². The zero-order valence-corrected chi connectivity index (χ0v) is 11.4. The number of nitrogens with one attached hydrogen (secondary N) is 1. The number of hydrogen-bond acceptors (Lipinski definition) is 5. The van der Waals surface area contributed by atoms with Crippen LogP contribution in [0.25, 0.3) is 0 Å². The lowest BCUT2D eigenvalue weighted by atomic mass is 9.93. The van der Waals surface area contributed by atoms with Crippen LogP contribution in [0.3, 0.4) is 0 Å². The Morgan fingerprint density at radius 1 is 1.44 bits per heavy atom. The standard InChI is InChI=1S/C13H25NO4/c1-3-18-13(15)10-17-9-6-14-11(2)12-4-7-16-8-5-12/h11-12,14H,3-10H2,1-2H3. The summed E-state index contributed by atoms with van der Waals surface area (Å²) in [6.45, 7) is 7.47. The molecule has 1 aliphatic heterocycles. The van der Waals surface area contributed by atoms with E-state index in [1.807, 2.05) is 0 Å². The molecular weight excluding hydrogens is 234 g/mol. The Balaban J connectivity index is 1.98. The number of carbonyl (C=O) groups excluding carboxylic acids is 1. The van der Waals surface area contributed by atoms with Crippen molar-refractivity contribution in [2.75, 3.05) is 39.6 Å². The highest BCUT2D eigenvalue weighted by Gasteiger charge is 2.19. The predicted octanol–water partition coefficient (Wildman–Crippen LogP) is 0.971. The fourth-order valence-electron chi connectivity index (χ4n) is 2.10. The molecule has 0 aromatic carbocycles. The molecule has 0 aromatic rings. The number of ether oxygens (including phenoxy) is 3. The number of rotatable bonds is 8. The Bertz CT molecular complexity index is 229. The van der Waals surface area contributed by atoms with Crippen LogP contribution >= 0.6 is 0 Å². The first-order chi connectivity index (χ1) is 8.74. The average Bonchev–Trinajstić information content (AvgIpc) is 2.39. The van der Waals surface area contributed by atoms with E-state index in [1.165, 1.54) is 0 Å². The molecule has 0 bridgehead atoms. The first kappa shape index (κ1) is 15.4. The molecule has 0 aromatic heterocycles. The van der Waals surface area contributed by atoms with Crippen molar-refractivity contribution in [1.82, 2.24) is 5.32 Å². The van der Waals surface area contributed by atoms with Gasteiger partial charge in [0.1, 0.15) is 6.61 Å². The fourth-order valence-corrected chi connectivity index (χ4v) is 2.10. The normalized spacial score (nSPS) is 18.6. The van der Waals surface area contributed by atoms with Gasteiger partial charge in [-0.15, -0.1) is 0 Å². The summed E-state index contributed by atoms with van der Waals surface area (Å²) in [6.07, 6.45) is 2.25. The van der Waals surface area contributed by atoms with E-state index in [4.69, 9.17) is 14.2 Å². The Morgan fingerprint density at radius 3 is 2.83 bits per heavy atom. The Hall–Kier alpha value is -0.650. The van der Waals surface area contributed by atoms with Crippen LogP contribution in [0, 0.1) is 5.92 Å². The van der Waals surface area contributed by atoms with Crippen LogP contribution < -0.4 is 5.32 Å². The highest BCUT2D eigenvalue weighted by molar-refractivity contribution is 5.70. The zero-order valence-electron chi connectivity index (χ0n) is 11.4. The molecule has 1 fully saturated rings. The summed E-state index contributed by atoms with van der Waals surface area (Å²) < 4.78 is 15.3. The molecule has 1 heterocycles. The summed E-state index contributed by atoms with van der Waals surface area (Å²) in [4.78, 5) is 11.0. The fraction of sp³-hybridized carbons (Fsp3) is 0.923. The topological polar surface area (TPSA) is 56.8 Å². The number of esters is 1.